The van der Waals surface area contributed by atoms with E-state index < -0.39 is 0 Å². The van der Waals surface area contributed by atoms with E-state index in [1.807, 2.05) is 7.05 Å². The van der Waals surface area contributed by atoms with Crippen LogP contribution in [-0.4, -0.2) is 12.2 Å². The summed E-state index contributed by atoms with van der Waals surface area (Å²) in [6, 6.07) is 6.03. The summed E-state index contributed by atoms with van der Waals surface area (Å²) in [5, 5.41) is 3.69. The highest BCUT2D eigenvalue weighted by Gasteiger charge is 2.10. The van der Waals surface area contributed by atoms with Gasteiger partial charge >= 0.3 is 0 Å². The van der Waals surface area contributed by atoms with Crippen LogP contribution >= 0.6 is 0 Å². The third-order valence-electron chi connectivity index (χ3n) is 3.41. The third kappa shape index (κ3) is 2.32. The van der Waals surface area contributed by atoms with E-state index in [4.69, 9.17) is 10.3 Å². The molecule has 1 heterocycles. The van der Waals surface area contributed by atoms with E-state index in [2.05, 4.69) is 43.0 Å². The minimum atomic E-state index is 0.426. The summed E-state index contributed by atoms with van der Waals surface area (Å²) in [6.45, 7) is 7.08. The van der Waals surface area contributed by atoms with Crippen molar-refractivity contribution in [3.05, 3.63) is 40.6 Å². The smallest absolute Gasteiger partial charge is 0.167 e. The van der Waals surface area contributed by atoms with E-state index in [1.165, 1.54) is 22.4 Å². The predicted molar refractivity (Wildman–Crippen MR) is 73.7 cm³/mol. The topological polar surface area (TPSA) is 55.3 Å². The number of nitrogens with two attached hydrogens (primary N) is 1. The van der Waals surface area contributed by atoms with Crippen molar-refractivity contribution in [3.63, 3.8) is 0 Å². The number of benzene rings is 1. The van der Waals surface area contributed by atoms with Crippen LogP contribution in [0.25, 0.3) is 0 Å². The summed E-state index contributed by atoms with van der Waals surface area (Å²) in [4.78, 5) is 2.14. The Labute approximate surface area is 107 Å². The molecule has 2 rings (SSSR count). The first-order valence-electron chi connectivity index (χ1n) is 5.98. The number of hydrogen-bond acceptors (Lipinski definition) is 4. The lowest BCUT2D eigenvalue weighted by molar-refractivity contribution is 0.385. The van der Waals surface area contributed by atoms with Gasteiger partial charge in [0.05, 0.1) is 6.54 Å². The van der Waals surface area contributed by atoms with Crippen LogP contribution in [0, 0.1) is 20.8 Å². The molecule has 2 N–H and O–H groups in total. The molecule has 96 valence electrons. The Kier molecular flexibility index (Phi) is 3.28. The Balaban J connectivity index is 2.24. The molecule has 2 aromatic rings. The number of nitrogens with zero attached hydrogens (tertiary/aromatic N) is 2. The minimum Gasteiger partial charge on any atom is -0.381 e. The second-order valence-electron chi connectivity index (χ2n) is 4.73. The molecule has 1 aromatic heterocycles. The van der Waals surface area contributed by atoms with Gasteiger partial charge in [0.25, 0.3) is 0 Å². The highest BCUT2D eigenvalue weighted by molar-refractivity contribution is 5.57. The first-order valence-corrected chi connectivity index (χ1v) is 5.98. The van der Waals surface area contributed by atoms with Crippen LogP contribution < -0.4 is 10.6 Å². The molecule has 18 heavy (non-hydrogen) atoms. The Bertz CT molecular complexity index is 560. The molecular weight excluding hydrogens is 226 g/mol. The molecule has 0 aliphatic heterocycles. The van der Waals surface area contributed by atoms with Crippen LogP contribution in [0.1, 0.15) is 22.5 Å². The molecule has 0 spiro atoms. The Morgan fingerprint density at radius 3 is 2.56 bits per heavy atom. The average Bonchev–Trinajstić information content (AvgIpc) is 2.71. The van der Waals surface area contributed by atoms with Crippen LogP contribution in [0.3, 0.4) is 0 Å². The lowest BCUT2D eigenvalue weighted by atomic mass is 10.0. The maximum Gasteiger partial charge on any atom is 0.167 e. The van der Waals surface area contributed by atoms with Crippen molar-refractivity contribution < 1.29 is 4.52 Å². The van der Waals surface area contributed by atoms with Crippen molar-refractivity contribution in [1.29, 1.82) is 0 Å². The van der Waals surface area contributed by atoms with Crippen LogP contribution in [0.15, 0.2) is 22.7 Å². The normalized spacial score (nSPS) is 10.7. The van der Waals surface area contributed by atoms with Gasteiger partial charge in [0.1, 0.15) is 0 Å². The zero-order valence-electron chi connectivity index (χ0n) is 11.3. The minimum absolute atomic E-state index is 0.426. The van der Waals surface area contributed by atoms with Crippen molar-refractivity contribution in [2.45, 2.75) is 27.3 Å². The summed E-state index contributed by atoms with van der Waals surface area (Å²) in [5.74, 6) is 1.20. The second-order valence-corrected chi connectivity index (χ2v) is 4.73. The maximum atomic E-state index is 5.54. The quantitative estimate of drug-likeness (QED) is 0.903. The van der Waals surface area contributed by atoms with Gasteiger partial charge in [-0.15, -0.1) is 0 Å². The van der Waals surface area contributed by atoms with Crippen molar-refractivity contribution in [3.8, 4) is 0 Å². The van der Waals surface area contributed by atoms with Gasteiger partial charge in [-0.25, -0.2) is 0 Å². The van der Waals surface area contributed by atoms with Crippen molar-refractivity contribution in [2.24, 2.45) is 0 Å². The molecule has 4 nitrogen and oxygen atoms in total. The molecular formula is C14H19N3O. The summed E-state index contributed by atoms with van der Waals surface area (Å²) in [5.41, 5.74) is 10.7. The number of rotatable bonds is 3. The lowest BCUT2D eigenvalue weighted by Gasteiger charge is -2.22. The van der Waals surface area contributed by atoms with Crippen LogP contribution in [-0.2, 0) is 6.54 Å². The average molecular weight is 245 g/mol. The van der Waals surface area contributed by atoms with Gasteiger partial charge in [-0.05, 0) is 43.5 Å². The Hall–Kier alpha value is -1.97. The third-order valence-corrected chi connectivity index (χ3v) is 3.41. The van der Waals surface area contributed by atoms with E-state index in [0.29, 0.717) is 12.4 Å². The highest BCUT2D eigenvalue weighted by Crippen LogP contribution is 2.25. The monoisotopic (exact) mass is 245 g/mol. The fourth-order valence-electron chi connectivity index (χ4n) is 2.08. The standard InChI is InChI=1S/C14H19N3O/c1-9-5-6-13(11(3)10(9)2)17(4)8-12-7-14(15)16-18-12/h5-7H,8H2,1-4H3,(H2,15,16). The lowest BCUT2D eigenvalue weighted by Crippen LogP contribution is -2.17. The summed E-state index contributed by atoms with van der Waals surface area (Å²) in [7, 11) is 2.04. The second kappa shape index (κ2) is 4.72. The Morgan fingerprint density at radius 2 is 1.94 bits per heavy atom. The van der Waals surface area contributed by atoms with Crippen molar-refractivity contribution in [1.82, 2.24) is 5.16 Å². The number of aryl methyl sites for hydroxylation is 1. The first-order chi connectivity index (χ1) is 8.49. The summed E-state index contributed by atoms with van der Waals surface area (Å²) >= 11 is 0. The molecule has 0 fully saturated rings. The summed E-state index contributed by atoms with van der Waals surface area (Å²) in [6.07, 6.45) is 0. The van der Waals surface area contributed by atoms with E-state index in [-0.39, 0.29) is 0 Å². The molecule has 4 heteroatoms. The molecule has 0 aliphatic carbocycles. The van der Waals surface area contributed by atoms with Gasteiger partial charge in [-0.2, -0.15) is 0 Å². The summed E-state index contributed by atoms with van der Waals surface area (Å²) < 4.78 is 5.13. The van der Waals surface area contributed by atoms with E-state index in [1.54, 1.807) is 6.07 Å². The first kappa shape index (κ1) is 12.5. The van der Waals surface area contributed by atoms with E-state index in [0.717, 1.165) is 5.76 Å². The zero-order chi connectivity index (χ0) is 13.3. The van der Waals surface area contributed by atoms with Crippen LogP contribution in [0.5, 0.6) is 0 Å². The molecule has 0 bridgehead atoms. The van der Waals surface area contributed by atoms with E-state index in [9.17, 15) is 0 Å². The van der Waals surface area contributed by atoms with Gasteiger partial charge in [-0.3, -0.25) is 0 Å². The molecule has 1 aromatic carbocycles. The van der Waals surface area contributed by atoms with Gasteiger partial charge in [0.15, 0.2) is 11.6 Å². The molecule has 0 saturated carbocycles. The predicted octanol–water partition coefficient (Wildman–Crippen LogP) is 2.82. The zero-order valence-corrected chi connectivity index (χ0v) is 11.3. The molecule has 0 atom stereocenters. The number of hydrogen-bond donors (Lipinski definition) is 1. The SMILES string of the molecule is Cc1ccc(N(C)Cc2cc(N)no2)c(C)c1C. The van der Waals surface area contributed by atoms with Gasteiger partial charge in [0, 0.05) is 18.8 Å². The maximum absolute atomic E-state index is 5.54. The van der Waals surface area contributed by atoms with Crippen LogP contribution in [0.4, 0.5) is 11.5 Å². The molecule has 0 saturated heterocycles. The Morgan fingerprint density at radius 1 is 1.22 bits per heavy atom. The highest BCUT2D eigenvalue weighted by atomic mass is 16.5. The largest absolute Gasteiger partial charge is 0.381 e. The number of nitrogen functional groups attached to an aromatic ring is 1. The fourth-order valence-corrected chi connectivity index (χ4v) is 2.08. The molecule has 0 aliphatic rings. The van der Waals surface area contributed by atoms with Crippen molar-refractivity contribution >= 4 is 11.5 Å². The fraction of sp³-hybridized carbons (Fsp3) is 0.357. The number of aromatic nitrogens is 1. The van der Waals surface area contributed by atoms with Gasteiger partial charge in [0.2, 0.25) is 0 Å². The molecule has 0 radical (unpaired) electrons. The molecule has 0 amide bonds. The van der Waals surface area contributed by atoms with Gasteiger partial charge < -0.3 is 15.2 Å². The van der Waals surface area contributed by atoms with E-state index >= 15 is 0 Å². The number of anilines is 2. The molecule has 0 unspecified atom stereocenters. The van der Waals surface area contributed by atoms with Crippen LogP contribution in [0.2, 0.25) is 0 Å². The van der Waals surface area contributed by atoms with Crippen molar-refractivity contribution in [2.75, 3.05) is 17.7 Å². The van der Waals surface area contributed by atoms with Gasteiger partial charge in [-0.1, -0.05) is 11.2 Å².